The lowest BCUT2D eigenvalue weighted by Crippen LogP contribution is -2.12. The largest absolute Gasteiger partial charge is 0.326 e. The first kappa shape index (κ1) is 14.4. The van der Waals surface area contributed by atoms with E-state index in [4.69, 9.17) is 5.73 Å². The van der Waals surface area contributed by atoms with Crippen LogP contribution in [0, 0.1) is 6.92 Å². The molecule has 2 aromatic rings. The SMILES string of the molecule is Cc1cc(S(=O)(=O)Nc2ncccc2Br)sc1CN. The summed E-state index contributed by atoms with van der Waals surface area (Å²) in [5.41, 5.74) is 6.44. The highest BCUT2D eigenvalue weighted by atomic mass is 79.9. The van der Waals surface area contributed by atoms with Crippen molar-refractivity contribution in [2.75, 3.05) is 4.72 Å². The number of hydrogen-bond acceptors (Lipinski definition) is 5. The average Bonchev–Trinajstić information content (AvgIpc) is 2.74. The maximum absolute atomic E-state index is 12.2. The minimum absolute atomic E-state index is 0.239. The number of halogens is 1. The molecule has 3 N–H and O–H groups in total. The number of nitrogens with two attached hydrogens (primary N) is 1. The molecule has 0 atom stereocenters. The number of hydrogen-bond donors (Lipinski definition) is 2. The third-order valence-corrected chi connectivity index (χ3v) is 6.15. The summed E-state index contributed by atoms with van der Waals surface area (Å²) in [6, 6.07) is 5.05. The summed E-state index contributed by atoms with van der Waals surface area (Å²) in [6.07, 6.45) is 1.52. The molecule has 2 heterocycles. The van der Waals surface area contributed by atoms with Crippen LogP contribution in [0.3, 0.4) is 0 Å². The summed E-state index contributed by atoms with van der Waals surface area (Å²) in [7, 11) is -3.63. The Morgan fingerprint density at radius 3 is 2.84 bits per heavy atom. The molecule has 5 nitrogen and oxygen atoms in total. The molecule has 0 unspecified atom stereocenters. The van der Waals surface area contributed by atoms with Gasteiger partial charge >= 0.3 is 0 Å². The van der Waals surface area contributed by atoms with Gasteiger partial charge in [0.15, 0.2) is 5.82 Å². The van der Waals surface area contributed by atoms with Crippen molar-refractivity contribution >= 4 is 43.1 Å². The van der Waals surface area contributed by atoms with Crippen LogP contribution in [0.25, 0.3) is 0 Å². The van der Waals surface area contributed by atoms with Crippen molar-refractivity contribution in [3.63, 3.8) is 0 Å². The third-order valence-electron chi connectivity index (χ3n) is 2.44. The van der Waals surface area contributed by atoms with E-state index in [1.807, 2.05) is 6.92 Å². The Labute approximate surface area is 124 Å². The third kappa shape index (κ3) is 3.14. The Kier molecular flexibility index (Phi) is 4.24. The lowest BCUT2D eigenvalue weighted by Gasteiger charge is -2.06. The van der Waals surface area contributed by atoms with Crippen LogP contribution in [0.15, 0.2) is 33.1 Å². The molecule has 0 spiro atoms. The zero-order valence-corrected chi connectivity index (χ0v) is 13.3. The molecule has 0 aliphatic rings. The lowest BCUT2D eigenvalue weighted by atomic mass is 10.3. The highest BCUT2D eigenvalue weighted by molar-refractivity contribution is 9.10. The van der Waals surface area contributed by atoms with Crippen molar-refractivity contribution in [2.24, 2.45) is 5.73 Å². The number of thiophene rings is 1. The van der Waals surface area contributed by atoms with E-state index < -0.39 is 10.0 Å². The second kappa shape index (κ2) is 5.58. The quantitative estimate of drug-likeness (QED) is 0.875. The molecule has 0 saturated carbocycles. The molecule has 0 aliphatic heterocycles. The number of pyridine rings is 1. The zero-order valence-electron chi connectivity index (χ0n) is 10.1. The van der Waals surface area contributed by atoms with Crippen molar-refractivity contribution in [1.29, 1.82) is 0 Å². The smallest absolute Gasteiger partial charge is 0.272 e. The Bertz CT molecular complexity index is 698. The fourth-order valence-corrected chi connectivity index (χ4v) is 4.44. The molecule has 0 saturated heterocycles. The van der Waals surface area contributed by atoms with E-state index in [0.717, 1.165) is 10.4 Å². The van der Waals surface area contributed by atoms with E-state index in [-0.39, 0.29) is 10.0 Å². The fourth-order valence-electron chi connectivity index (χ4n) is 1.46. The van der Waals surface area contributed by atoms with Gasteiger partial charge < -0.3 is 5.73 Å². The van der Waals surface area contributed by atoms with Crippen LogP contribution in [0.2, 0.25) is 0 Å². The monoisotopic (exact) mass is 361 g/mol. The van der Waals surface area contributed by atoms with Crippen molar-refractivity contribution in [3.05, 3.63) is 39.3 Å². The lowest BCUT2D eigenvalue weighted by molar-refractivity contribution is 0.603. The maximum Gasteiger partial charge on any atom is 0.272 e. The van der Waals surface area contributed by atoms with Crippen molar-refractivity contribution < 1.29 is 8.42 Å². The molecule has 102 valence electrons. The summed E-state index contributed by atoms with van der Waals surface area (Å²) in [4.78, 5) is 4.84. The van der Waals surface area contributed by atoms with E-state index in [9.17, 15) is 8.42 Å². The van der Waals surface area contributed by atoms with Gasteiger partial charge in [0.25, 0.3) is 10.0 Å². The van der Waals surface area contributed by atoms with E-state index in [2.05, 4.69) is 25.6 Å². The first-order valence-corrected chi connectivity index (χ1v) is 8.46. The van der Waals surface area contributed by atoms with E-state index in [1.165, 1.54) is 17.5 Å². The van der Waals surface area contributed by atoms with Gasteiger partial charge in [0, 0.05) is 17.6 Å². The zero-order chi connectivity index (χ0) is 14.0. The van der Waals surface area contributed by atoms with Crippen LogP contribution < -0.4 is 10.5 Å². The number of anilines is 1. The van der Waals surface area contributed by atoms with Gasteiger partial charge in [0.05, 0.1) is 4.47 Å². The summed E-state index contributed by atoms with van der Waals surface area (Å²) < 4.78 is 27.7. The van der Waals surface area contributed by atoms with Gasteiger partial charge in [-0.2, -0.15) is 0 Å². The maximum atomic E-state index is 12.2. The second-order valence-electron chi connectivity index (χ2n) is 3.82. The number of aromatic nitrogens is 1. The van der Waals surface area contributed by atoms with Crippen molar-refractivity contribution in [3.8, 4) is 0 Å². The first-order chi connectivity index (χ1) is 8.94. The van der Waals surface area contributed by atoms with Crippen LogP contribution in [0.1, 0.15) is 10.4 Å². The molecule has 0 aromatic carbocycles. The molecule has 19 heavy (non-hydrogen) atoms. The van der Waals surface area contributed by atoms with Gasteiger partial charge in [-0.05, 0) is 46.6 Å². The molecule has 0 fully saturated rings. The fraction of sp³-hybridized carbons (Fsp3) is 0.182. The summed E-state index contributed by atoms with van der Waals surface area (Å²) in [5.74, 6) is 0.267. The van der Waals surface area contributed by atoms with Gasteiger partial charge in [-0.3, -0.25) is 4.72 Å². The summed E-state index contributed by atoms with van der Waals surface area (Å²) in [6.45, 7) is 2.17. The Morgan fingerprint density at radius 2 is 2.26 bits per heavy atom. The molecule has 2 aromatic heterocycles. The van der Waals surface area contributed by atoms with Crippen LogP contribution in [0.5, 0.6) is 0 Å². The first-order valence-electron chi connectivity index (χ1n) is 5.37. The number of rotatable bonds is 4. The molecule has 0 aliphatic carbocycles. The predicted octanol–water partition coefficient (Wildman–Crippen LogP) is 2.47. The molecule has 0 bridgehead atoms. The highest BCUT2D eigenvalue weighted by Gasteiger charge is 2.20. The normalized spacial score (nSPS) is 11.5. The Hall–Kier alpha value is -0.960. The van der Waals surface area contributed by atoms with Gasteiger partial charge in [-0.25, -0.2) is 13.4 Å². The summed E-state index contributed by atoms with van der Waals surface area (Å²) >= 11 is 4.42. The van der Waals surface area contributed by atoms with Crippen LogP contribution in [-0.2, 0) is 16.6 Å². The van der Waals surface area contributed by atoms with Crippen LogP contribution in [-0.4, -0.2) is 13.4 Å². The molecular weight excluding hydrogens is 350 g/mol. The molecule has 0 radical (unpaired) electrons. The standard InChI is InChI=1S/C11H12BrN3O2S2/c1-7-5-10(18-9(7)6-13)19(16,17)15-11-8(12)3-2-4-14-11/h2-5H,6,13H2,1H3,(H,14,15). The van der Waals surface area contributed by atoms with E-state index in [1.54, 1.807) is 18.2 Å². The number of sulfonamides is 1. The minimum atomic E-state index is -3.63. The van der Waals surface area contributed by atoms with E-state index in [0.29, 0.717) is 11.0 Å². The van der Waals surface area contributed by atoms with Crippen LogP contribution in [0.4, 0.5) is 5.82 Å². The molecule has 8 heteroatoms. The van der Waals surface area contributed by atoms with Crippen molar-refractivity contribution in [1.82, 2.24) is 4.98 Å². The summed E-state index contributed by atoms with van der Waals surface area (Å²) in [5, 5.41) is 0. The predicted molar refractivity (Wildman–Crippen MR) is 79.7 cm³/mol. The highest BCUT2D eigenvalue weighted by Crippen LogP contribution is 2.28. The van der Waals surface area contributed by atoms with Crippen LogP contribution >= 0.6 is 27.3 Å². The number of nitrogens with zero attached hydrogens (tertiary/aromatic N) is 1. The molecule has 0 amide bonds. The van der Waals surface area contributed by atoms with E-state index >= 15 is 0 Å². The molecular formula is C11H12BrN3O2S2. The van der Waals surface area contributed by atoms with Crippen molar-refractivity contribution in [2.45, 2.75) is 17.7 Å². The Balaban J connectivity index is 2.35. The van der Waals surface area contributed by atoms with Gasteiger partial charge in [-0.1, -0.05) is 0 Å². The van der Waals surface area contributed by atoms with Gasteiger partial charge in [0.2, 0.25) is 0 Å². The topological polar surface area (TPSA) is 85.1 Å². The minimum Gasteiger partial charge on any atom is -0.326 e. The number of nitrogens with one attached hydrogen (secondary N) is 1. The molecule has 2 rings (SSSR count). The average molecular weight is 362 g/mol. The second-order valence-corrected chi connectivity index (χ2v) is 7.72. The van der Waals surface area contributed by atoms with Gasteiger partial charge in [-0.15, -0.1) is 11.3 Å². The van der Waals surface area contributed by atoms with Gasteiger partial charge in [0.1, 0.15) is 4.21 Å². The Morgan fingerprint density at radius 1 is 1.53 bits per heavy atom. The number of aryl methyl sites for hydroxylation is 1.